The fourth-order valence-electron chi connectivity index (χ4n) is 1.98. The standard InChI is InChI=1S/C16H17ClN2O3S2/c1-19(2)24(21,22)15-10-11(8-9-12(15)17)16(20)18-13-6-4-5-7-14(13)23-3/h4-10H,1-3H3,(H,18,20). The average molecular weight is 385 g/mol. The second-order valence-electron chi connectivity index (χ2n) is 5.09. The van der Waals surface area contributed by atoms with Gasteiger partial charge in [-0.3, -0.25) is 4.79 Å². The molecule has 2 aromatic carbocycles. The Labute approximate surface area is 151 Å². The summed E-state index contributed by atoms with van der Waals surface area (Å²) in [4.78, 5) is 13.3. The number of amides is 1. The van der Waals surface area contributed by atoms with E-state index in [9.17, 15) is 13.2 Å². The van der Waals surface area contributed by atoms with Crippen molar-refractivity contribution in [2.24, 2.45) is 0 Å². The molecule has 0 aromatic heterocycles. The number of sulfonamides is 1. The third-order valence-electron chi connectivity index (χ3n) is 3.31. The van der Waals surface area contributed by atoms with E-state index in [4.69, 9.17) is 11.6 Å². The molecule has 0 atom stereocenters. The van der Waals surface area contributed by atoms with Crippen molar-refractivity contribution in [3.63, 3.8) is 0 Å². The van der Waals surface area contributed by atoms with Gasteiger partial charge in [0.25, 0.3) is 5.91 Å². The first-order valence-electron chi connectivity index (χ1n) is 6.94. The number of benzene rings is 2. The van der Waals surface area contributed by atoms with Crippen LogP contribution < -0.4 is 5.32 Å². The molecule has 0 radical (unpaired) electrons. The van der Waals surface area contributed by atoms with Crippen LogP contribution in [0.4, 0.5) is 5.69 Å². The quantitative estimate of drug-likeness (QED) is 0.800. The number of nitrogens with zero attached hydrogens (tertiary/aromatic N) is 1. The predicted molar refractivity (Wildman–Crippen MR) is 98.5 cm³/mol. The van der Waals surface area contributed by atoms with E-state index in [1.165, 1.54) is 44.1 Å². The number of hydrogen-bond donors (Lipinski definition) is 1. The smallest absolute Gasteiger partial charge is 0.255 e. The van der Waals surface area contributed by atoms with Gasteiger partial charge in [-0.05, 0) is 36.6 Å². The van der Waals surface area contributed by atoms with Gasteiger partial charge in [0.1, 0.15) is 4.90 Å². The molecule has 128 valence electrons. The zero-order valence-electron chi connectivity index (χ0n) is 13.4. The van der Waals surface area contributed by atoms with Gasteiger partial charge in [-0.1, -0.05) is 23.7 Å². The van der Waals surface area contributed by atoms with Crippen LogP contribution in [0.15, 0.2) is 52.3 Å². The Morgan fingerprint density at radius 3 is 2.46 bits per heavy atom. The normalized spacial score (nSPS) is 11.5. The van der Waals surface area contributed by atoms with Crippen LogP contribution >= 0.6 is 23.4 Å². The van der Waals surface area contributed by atoms with Crippen LogP contribution in [0.2, 0.25) is 5.02 Å². The first-order chi connectivity index (χ1) is 11.3. The zero-order chi connectivity index (χ0) is 17.9. The highest BCUT2D eigenvalue weighted by Gasteiger charge is 2.22. The van der Waals surface area contributed by atoms with Crippen molar-refractivity contribution < 1.29 is 13.2 Å². The molecular weight excluding hydrogens is 368 g/mol. The fraction of sp³-hybridized carbons (Fsp3) is 0.188. The molecule has 2 aromatic rings. The van der Waals surface area contributed by atoms with Crippen molar-refractivity contribution in [3.8, 4) is 0 Å². The summed E-state index contributed by atoms with van der Waals surface area (Å²) in [6, 6.07) is 11.6. The summed E-state index contributed by atoms with van der Waals surface area (Å²) in [5, 5.41) is 2.87. The van der Waals surface area contributed by atoms with Gasteiger partial charge in [-0.25, -0.2) is 12.7 Å². The first-order valence-corrected chi connectivity index (χ1v) is 9.98. The van der Waals surface area contributed by atoms with Crippen LogP contribution in [0.5, 0.6) is 0 Å². The van der Waals surface area contributed by atoms with E-state index in [0.29, 0.717) is 5.69 Å². The maximum absolute atomic E-state index is 12.5. The summed E-state index contributed by atoms with van der Waals surface area (Å²) >= 11 is 7.50. The number of carbonyl (C=O) groups is 1. The number of carbonyl (C=O) groups excluding carboxylic acids is 1. The van der Waals surface area contributed by atoms with Crippen LogP contribution in [0.1, 0.15) is 10.4 Å². The Morgan fingerprint density at radius 2 is 1.83 bits per heavy atom. The zero-order valence-corrected chi connectivity index (χ0v) is 15.8. The highest BCUT2D eigenvalue weighted by molar-refractivity contribution is 7.98. The van der Waals surface area contributed by atoms with E-state index in [2.05, 4.69) is 5.32 Å². The van der Waals surface area contributed by atoms with E-state index in [1.54, 1.807) is 6.07 Å². The van der Waals surface area contributed by atoms with E-state index in [-0.39, 0.29) is 15.5 Å². The summed E-state index contributed by atoms with van der Waals surface area (Å²) in [6.07, 6.45) is 1.91. The third-order valence-corrected chi connectivity index (χ3v) is 6.40. The van der Waals surface area contributed by atoms with Crippen molar-refractivity contribution >= 4 is 45.0 Å². The lowest BCUT2D eigenvalue weighted by molar-refractivity contribution is 0.102. The SMILES string of the molecule is CSc1ccccc1NC(=O)c1ccc(Cl)c(S(=O)(=O)N(C)C)c1. The van der Waals surface area contributed by atoms with Crippen molar-refractivity contribution in [2.75, 3.05) is 25.7 Å². The molecule has 2 rings (SSSR count). The van der Waals surface area contributed by atoms with E-state index in [1.807, 2.05) is 24.5 Å². The molecule has 0 spiro atoms. The number of nitrogens with one attached hydrogen (secondary N) is 1. The summed E-state index contributed by atoms with van der Waals surface area (Å²) in [7, 11) is -0.912. The minimum absolute atomic E-state index is 0.0739. The Bertz CT molecular complexity index is 867. The summed E-state index contributed by atoms with van der Waals surface area (Å²) in [5.74, 6) is -0.400. The number of halogens is 1. The van der Waals surface area contributed by atoms with Gasteiger partial charge in [-0.2, -0.15) is 0 Å². The summed E-state index contributed by atoms with van der Waals surface area (Å²) < 4.78 is 25.6. The predicted octanol–water partition coefficient (Wildman–Crippen LogP) is 3.56. The molecule has 8 heteroatoms. The highest BCUT2D eigenvalue weighted by atomic mass is 35.5. The van der Waals surface area contributed by atoms with Gasteiger partial charge in [0, 0.05) is 24.6 Å². The topological polar surface area (TPSA) is 66.5 Å². The van der Waals surface area contributed by atoms with Crippen LogP contribution in [-0.2, 0) is 10.0 Å². The molecule has 1 amide bonds. The molecule has 1 N–H and O–H groups in total. The van der Waals surface area contributed by atoms with E-state index in [0.717, 1.165) is 9.20 Å². The van der Waals surface area contributed by atoms with Gasteiger partial charge < -0.3 is 5.32 Å². The van der Waals surface area contributed by atoms with Crippen LogP contribution in [0.3, 0.4) is 0 Å². The van der Waals surface area contributed by atoms with Gasteiger partial charge in [0.05, 0.1) is 10.7 Å². The van der Waals surface area contributed by atoms with Crippen molar-refractivity contribution in [2.45, 2.75) is 9.79 Å². The molecule has 0 unspecified atom stereocenters. The first kappa shape index (κ1) is 18.8. The molecule has 0 aliphatic carbocycles. The van der Waals surface area contributed by atoms with Crippen molar-refractivity contribution in [3.05, 3.63) is 53.1 Å². The molecule has 0 heterocycles. The Morgan fingerprint density at radius 1 is 1.17 bits per heavy atom. The lowest BCUT2D eigenvalue weighted by Gasteiger charge is -2.14. The maximum Gasteiger partial charge on any atom is 0.255 e. The largest absolute Gasteiger partial charge is 0.321 e. The Balaban J connectivity index is 2.38. The molecule has 0 fully saturated rings. The van der Waals surface area contributed by atoms with E-state index >= 15 is 0 Å². The van der Waals surface area contributed by atoms with Gasteiger partial charge in [-0.15, -0.1) is 11.8 Å². The molecule has 5 nitrogen and oxygen atoms in total. The van der Waals surface area contributed by atoms with Crippen molar-refractivity contribution in [1.29, 1.82) is 0 Å². The van der Waals surface area contributed by atoms with Gasteiger partial charge in [0.2, 0.25) is 10.0 Å². The molecule has 24 heavy (non-hydrogen) atoms. The second kappa shape index (κ2) is 7.57. The molecule has 0 saturated heterocycles. The summed E-state index contributed by atoms with van der Waals surface area (Å²) in [6.45, 7) is 0. The highest BCUT2D eigenvalue weighted by Crippen LogP contribution is 2.27. The van der Waals surface area contributed by atoms with Gasteiger partial charge in [0.15, 0.2) is 0 Å². The Hall–Kier alpha value is -1.54. The lowest BCUT2D eigenvalue weighted by atomic mass is 10.2. The minimum atomic E-state index is -3.73. The molecule has 0 aliphatic rings. The number of para-hydroxylation sites is 1. The second-order valence-corrected chi connectivity index (χ2v) is 8.46. The van der Waals surface area contributed by atoms with Gasteiger partial charge >= 0.3 is 0 Å². The monoisotopic (exact) mass is 384 g/mol. The maximum atomic E-state index is 12.5. The lowest BCUT2D eigenvalue weighted by Crippen LogP contribution is -2.23. The summed E-state index contributed by atoms with van der Waals surface area (Å²) in [5.41, 5.74) is 0.887. The van der Waals surface area contributed by atoms with Crippen LogP contribution in [0, 0.1) is 0 Å². The fourth-order valence-corrected chi connectivity index (χ4v) is 3.93. The molecular formula is C16H17ClN2O3S2. The number of hydrogen-bond acceptors (Lipinski definition) is 4. The number of anilines is 1. The Kier molecular flexibility index (Phi) is 5.92. The van der Waals surface area contributed by atoms with Crippen molar-refractivity contribution in [1.82, 2.24) is 4.31 Å². The third kappa shape index (κ3) is 3.92. The number of rotatable bonds is 5. The van der Waals surface area contributed by atoms with Crippen LogP contribution in [0.25, 0.3) is 0 Å². The molecule has 0 bridgehead atoms. The molecule has 0 aliphatic heterocycles. The van der Waals surface area contributed by atoms with Crippen LogP contribution in [-0.4, -0.2) is 39.0 Å². The average Bonchev–Trinajstić information content (AvgIpc) is 2.55. The number of thioether (sulfide) groups is 1. The van der Waals surface area contributed by atoms with E-state index < -0.39 is 15.9 Å². The minimum Gasteiger partial charge on any atom is -0.321 e. The molecule has 0 saturated carbocycles.